The molecule has 5 heteroatoms. The number of hydrogen-bond acceptors (Lipinski definition) is 3. The molecule has 0 fully saturated rings. The first kappa shape index (κ1) is 10.4. The van der Waals surface area contributed by atoms with Gasteiger partial charge in [-0.15, -0.1) is 0 Å². The first-order chi connectivity index (χ1) is 7.08. The minimum atomic E-state index is -1.45. The van der Waals surface area contributed by atoms with Crippen LogP contribution >= 0.6 is 11.6 Å². The van der Waals surface area contributed by atoms with Gasteiger partial charge in [0.15, 0.2) is 0 Å². The molecule has 0 atom stereocenters. The van der Waals surface area contributed by atoms with Gasteiger partial charge in [-0.25, -0.2) is 4.98 Å². The van der Waals surface area contributed by atoms with Gasteiger partial charge in [-0.3, -0.25) is 0 Å². The van der Waals surface area contributed by atoms with Gasteiger partial charge in [-0.05, 0) is 30.1 Å². The van der Waals surface area contributed by atoms with E-state index in [1.807, 2.05) is 13.0 Å². The van der Waals surface area contributed by atoms with Gasteiger partial charge in [-0.2, -0.15) is 0 Å². The van der Waals surface area contributed by atoms with Crippen LogP contribution in [0.1, 0.15) is 5.56 Å². The third-order valence-corrected chi connectivity index (χ3v) is 2.65. The monoisotopic (exact) mass is 221 g/mol. The Hall–Kier alpha value is -1.10. The van der Waals surface area contributed by atoms with E-state index in [0.717, 1.165) is 16.5 Å². The molecular formula is C10H9BClNO2. The summed E-state index contributed by atoms with van der Waals surface area (Å²) < 4.78 is 0. The smallest absolute Gasteiger partial charge is 0.423 e. The quantitative estimate of drug-likeness (QED) is 0.555. The zero-order valence-electron chi connectivity index (χ0n) is 8.11. The van der Waals surface area contributed by atoms with Crippen molar-refractivity contribution in [3.63, 3.8) is 0 Å². The van der Waals surface area contributed by atoms with Gasteiger partial charge >= 0.3 is 7.12 Å². The van der Waals surface area contributed by atoms with Crippen molar-refractivity contribution in [2.45, 2.75) is 6.92 Å². The largest absolute Gasteiger partial charge is 0.488 e. The topological polar surface area (TPSA) is 53.4 Å². The molecule has 0 saturated carbocycles. The number of halogens is 1. The normalized spacial score (nSPS) is 10.7. The molecule has 1 heterocycles. The minimum absolute atomic E-state index is 0.450. The van der Waals surface area contributed by atoms with E-state index in [-0.39, 0.29) is 0 Å². The number of rotatable bonds is 1. The molecule has 0 bridgehead atoms. The van der Waals surface area contributed by atoms with Crippen molar-refractivity contribution < 1.29 is 10.0 Å². The number of nitrogens with zero attached hydrogens (tertiary/aromatic N) is 1. The summed E-state index contributed by atoms with van der Waals surface area (Å²) in [5.41, 5.74) is 2.06. The molecule has 0 spiro atoms. The van der Waals surface area contributed by atoms with Gasteiger partial charge in [0.25, 0.3) is 0 Å². The maximum Gasteiger partial charge on any atom is 0.488 e. The molecule has 2 N–H and O–H groups in total. The fourth-order valence-electron chi connectivity index (χ4n) is 1.44. The van der Waals surface area contributed by atoms with Crippen LogP contribution in [0.5, 0.6) is 0 Å². The molecule has 1 aromatic carbocycles. The highest BCUT2D eigenvalue weighted by Crippen LogP contribution is 2.18. The van der Waals surface area contributed by atoms with Gasteiger partial charge in [0.2, 0.25) is 0 Å². The average Bonchev–Trinajstić information content (AvgIpc) is 2.19. The second-order valence-electron chi connectivity index (χ2n) is 3.42. The molecule has 76 valence electrons. The van der Waals surface area contributed by atoms with E-state index in [1.54, 1.807) is 18.2 Å². The summed E-state index contributed by atoms with van der Waals surface area (Å²) in [6.45, 7) is 1.86. The van der Waals surface area contributed by atoms with Crippen LogP contribution in [0.25, 0.3) is 10.9 Å². The molecule has 0 aliphatic carbocycles. The molecule has 0 saturated heterocycles. The highest BCUT2D eigenvalue weighted by Gasteiger charge is 2.11. The summed E-state index contributed by atoms with van der Waals surface area (Å²) in [4.78, 5) is 4.18. The summed E-state index contributed by atoms with van der Waals surface area (Å²) in [7, 11) is -1.45. The van der Waals surface area contributed by atoms with Crippen molar-refractivity contribution in [3.8, 4) is 0 Å². The molecule has 0 unspecified atom stereocenters. The predicted molar refractivity (Wildman–Crippen MR) is 61.3 cm³/mol. The Balaban J connectivity index is 2.66. The van der Waals surface area contributed by atoms with Gasteiger partial charge in [-0.1, -0.05) is 23.7 Å². The minimum Gasteiger partial charge on any atom is -0.423 e. The molecule has 0 amide bonds. The highest BCUT2D eigenvalue weighted by atomic mass is 35.5. The zero-order chi connectivity index (χ0) is 11.0. The Morgan fingerprint density at radius 3 is 2.67 bits per heavy atom. The second kappa shape index (κ2) is 3.81. The maximum atomic E-state index is 9.02. The van der Waals surface area contributed by atoms with Gasteiger partial charge in [0.05, 0.1) is 5.52 Å². The SMILES string of the molecule is Cc1cc2cc(B(O)O)ccc2nc1Cl. The van der Waals surface area contributed by atoms with Gasteiger partial charge < -0.3 is 10.0 Å². The lowest BCUT2D eigenvalue weighted by atomic mass is 9.80. The standard InChI is InChI=1S/C10H9BClNO2/c1-6-4-7-5-8(11(14)15)2-3-9(7)13-10(6)12/h2-5,14-15H,1H3. The van der Waals surface area contributed by atoms with E-state index in [1.165, 1.54) is 0 Å². The van der Waals surface area contributed by atoms with Crippen LogP contribution < -0.4 is 5.46 Å². The lowest BCUT2D eigenvalue weighted by Gasteiger charge is -2.04. The second-order valence-corrected chi connectivity index (χ2v) is 3.78. The molecule has 2 rings (SSSR count). The summed E-state index contributed by atoms with van der Waals surface area (Å²) >= 11 is 5.88. The third kappa shape index (κ3) is 1.97. The van der Waals surface area contributed by atoms with E-state index in [4.69, 9.17) is 21.6 Å². The number of pyridine rings is 1. The van der Waals surface area contributed by atoms with Crippen molar-refractivity contribution in [3.05, 3.63) is 35.0 Å². The van der Waals surface area contributed by atoms with E-state index in [0.29, 0.717) is 10.6 Å². The molecule has 2 aromatic rings. The molecule has 0 aliphatic heterocycles. The fraction of sp³-hybridized carbons (Fsp3) is 0.100. The average molecular weight is 221 g/mol. The Morgan fingerprint density at radius 1 is 1.27 bits per heavy atom. The summed E-state index contributed by atoms with van der Waals surface area (Å²) in [5.74, 6) is 0. The third-order valence-electron chi connectivity index (χ3n) is 2.27. The summed E-state index contributed by atoms with van der Waals surface area (Å²) in [6, 6.07) is 6.90. The Bertz CT molecular complexity index is 516. The van der Waals surface area contributed by atoms with Crippen molar-refractivity contribution in [1.82, 2.24) is 4.98 Å². The van der Waals surface area contributed by atoms with Crippen LogP contribution in [0.15, 0.2) is 24.3 Å². The summed E-state index contributed by atoms with van der Waals surface area (Å²) in [6.07, 6.45) is 0. The van der Waals surface area contributed by atoms with Crippen molar-refractivity contribution in [2.75, 3.05) is 0 Å². The van der Waals surface area contributed by atoms with Crippen molar-refractivity contribution in [1.29, 1.82) is 0 Å². The van der Waals surface area contributed by atoms with Crippen LogP contribution in [-0.4, -0.2) is 22.2 Å². The van der Waals surface area contributed by atoms with E-state index in [9.17, 15) is 0 Å². The lowest BCUT2D eigenvalue weighted by molar-refractivity contribution is 0.426. The highest BCUT2D eigenvalue weighted by molar-refractivity contribution is 6.58. The lowest BCUT2D eigenvalue weighted by Crippen LogP contribution is -2.29. The Kier molecular flexibility index (Phi) is 2.65. The van der Waals surface area contributed by atoms with Crippen molar-refractivity contribution in [2.24, 2.45) is 0 Å². The predicted octanol–water partition coefficient (Wildman–Crippen LogP) is 0.876. The Morgan fingerprint density at radius 2 is 2.00 bits per heavy atom. The van der Waals surface area contributed by atoms with E-state index >= 15 is 0 Å². The molecular weight excluding hydrogens is 212 g/mol. The van der Waals surface area contributed by atoms with Gasteiger partial charge in [0, 0.05) is 5.39 Å². The van der Waals surface area contributed by atoms with Crippen LogP contribution in [0, 0.1) is 6.92 Å². The number of hydrogen-bond donors (Lipinski definition) is 2. The first-order valence-corrected chi connectivity index (χ1v) is 4.88. The van der Waals surface area contributed by atoms with E-state index in [2.05, 4.69) is 4.98 Å². The zero-order valence-corrected chi connectivity index (χ0v) is 8.86. The molecule has 1 aromatic heterocycles. The number of aryl methyl sites for hydroxylation is 1. The van der Waals surface area contributed by atoms with Crippen LogP contribution in [0.3, 0.4) is 0 Å². The number of fused-ring (bicyclic) bond motifs is 1. The van der Waals surface area contributed by atoms with Crippen LogP contribution in [-0.2, 0) is 0 Å². The van der Waals surface area contributed by atoms with Crippen LogP contribution in [0.4, 0.5) is 0 Å². The first-order valence-electron chi connectivity index (χ1n) is 4.51. The molecule has 3 nitrogen and oxygen atoms in total. The number of aromatic nitrogens is 1. The summed E-state index contributed by atoms with van der Waals surface area (Å²) in [5, 5.41) is 19.4. The maximum absolute atomic E-state index is 9.02. The fourth-order valence-corrected chi connectivity index (χ4v) is 1.58. The van der Waals surface area contributed by atoms with Crippen LogP contribution in [0.2, 0.25) is 5.15 Å². The Labute approximate surface area is 92.5 Å². The molecule has 15 heavy (non-hydrogen) atoms. The van der Waals surface area contributed by atoms with Gasteiger partial charge in [0.1, 0.15) is 5.15 Å². The molecule has 0 aliphatic rings. The van der Waals surface area contributed by atoms with E-state index < -0.39 is 7.12 Å². The van der Waals surface area contributed by atoms with Crippen molar-refractivity contribution >= 4 is 35.1 Å². The number of benzene rings is 1. The molecule has 0 radical (unpaired) electrons.